The number of anilines is 2. The number of amidine groups is 1. The first-order valence-corrected chi connectivity index (χ1v) is 11.6. The molecule has 1 aliphatic heterocycles. The van der Waals surface area contributed by atoms with E-state index in [4.69, 9.17) is 4.74 Å². The molecule has 1 saturated heterocycles. The quantitative estimate of drug-likeness (QED) is 0.521. The number of methoxy groups -OCH3 is 1. The van der Waals surface area contributed by atoms with Gasteiger partial charge < -0.3 is 4.74 Å². The summed E-state index contributed by atoms with van der Waals surface area (Å²) >= 11 is 2.28. The van der Waals surface area contributed by atoms with Crippen LogP contribution in [0.4, 0.5) is 10.8 Å². The average molecular weight is 482 g/mol. The minimum absolute atomic E-state index is 0.114. The van der Waals surface area contributed by atoms with Crippen molar-refractivity contribution in [2.45, 2.75) is 6.92 Å². The molecule has 2 aromatic carbocycles. The van der Waals surface area contributed by atoms with Crippen LogP contribution in [0.5, 0.6) is 5.75 Å². The molecule has 1 aromatic heterocycles. The maximum atomic E-state index is 12.7. The van der Waals surface area contributed by atoms with Gasteiger partial charge >= 0.3 is 0 Å². The van der Waals surface area contributed by atoms with Crippen LogP contribution in [0, 0.1) is 6.92 Å². The molecule has 0 bridgehead atoms. The number of aromatic nitrogens is 1. The molecule has 2 N–H and O–H groups in total. The molecule has 2 heterocycles. The number of nitrogens with one attached hydrogen (secondary N) is 2. The van der Waals surface area contributed by atoms with Crippen LogP contribution < -0.4 is 20.4 Å². The summed E-state index contributed by atoms with van der Waals surface area (Å²) in [5.41, 5.74) is 4.06. The first kappa shape index (κ1) is 22.5. The van der Waals surface area contributed by atoms with Gasteiger partial charge in [0.2, 0.25) is 5.91 Å². The number of nitrogens with zero attached hydrogens (tertiary/aromatic N) is 3. The monoisotopic (exact) mass is 481 g/mol. The molecule has 0 unspecified atom stereocenters. The van der Waals surface area contributed by atoms with Gasteiger partial charge in [-0.2, -0.15) is 0 Å². The van der Waals surface area contributed by atoms with Crippen LogP contribution in [0.25, 0.3) is 0 Å². The fraction of sp³-hybridized carbons (Fsp3) is 0.136. The number of aryl methyl sites for hydroxylation is 1. The summed E-state index contributed by atoms with van der Waals surface area (Å²) in [5, 5.41) is 7.52. The van der Waals surface area contributed by atoms with E-state index in [1.54, 1.807) is 50.4 Å². The summed E-state index contributed by atoms with van der Waals surface area (Å²) in [4.78, 5) is 43.5. The third kappa shape index (κ3) is 5.04. The van der Waals surface area contributed by atoms with Gasteiger partial charge in [-0.15, -0.1) is 5.10 Å². The van der Waals surface area contributed by atoms with Crippen molar-refractivity contribution >= 4 is 56.8 Å². The number of ether oxygens (including phenoxy) is 1. The summed E-state index contributed by atoms with van der Waals surface area (Å²) in [6.07, 6.45) is 0. The normalized spacial score (nSPS) is 14.4. The maximum Gasteiger partial charge on any atom is 0.283 e. The molecule has 9 nitrogen and oxygen atoms in total. The zero-order chi connectivity index (χ0) is 23.4. The highest BCUT2D eigenvalue weighted by Gasteiger charge is 2.30. The van der Waals surface area contributed by atoms with Crippen molar-refractivity contribution in [3.8, 4) is 5.75 Å². The van der Waals surface area contributed by atoms with E-state index in [0.717, 1.165) is 11.3 Å². The second-order valence-electron chi connectivity index (χ2n) is 6.80. The van der Waals surface area contributed by atoms with Gasteiger partial charge in [-0.05, 0) is 43.3 Å². The number of thioether (sulfide) groups is 1. The zero-order valence-electron chi connectivity index (χ0n) is 17.7. The minimum atomic E-state index is -0.476. The second-order valence-corrected chi connectivity index (χ2v) is 8.75. The lowest BCUT2D eigenvalue weighted by molar-refractivity contribution is -0.115. The number of benzene rings is 2. The van der Waals surface area contributed by atoms with Gasteiger partial charge in [0.25, 0.3) is 11.8 Å². The van der Waals surface area contributed by atoms with Crippen molar-refractivity contribution in [2.75, 3.05) is 23.1 Å². The molecular weight excluding hydrogens is 462 g/mol. The van der Waals surface area contributed by atoms with Gasteiger partial charge in [0.05, 0.1) is 24.2 Å². The SMILES string of the molecule is COc1ccc(C(=O)Nc2nc(C)c(C(=O)N/N=C3/SCC(=O)N3c3ccccc3)s2)cc1. The Kier molecular flexibility index (Phi) is 6.71. The maximum absolute atomic E-state index is 12.7. The number of para-hydroxylation sites is 1. The fourth-order valence-corrected chi connectivity index (χ4v) is 4.68. The van der Waals surface area contributed by atoms with E-state index in [9.17, 15) is 14.4 Å². The van der Waals surface area contributed by atoms with E-state index in [1.807, 2.05) is 18.2 Å². The zero-order valence-corrected chi connectivity index (χ0v) is 19.3. The molecule has 0 saturated carbocycles. The van der Waals surface area contributed by atoms with Gasteiger partial charge in [-0.25, -0.2) is 10.4 Å². The third-order valence-corrected chi connectivity index (χ3v) is 6.60. The van der Waals surface area contributed by atoms with Crippen LogP contribution in [0.15, 0.2) is 59.7 Å². The lowest BCUT2D eigenvalue weighted by Crippen LogP contribution is -2.31. The molecule has 0 aliphatic carbocycles. The Morgan fingerprint density at radius 2 is 1.82 bits per heavy atom. The smallest absolute Gasteiger partial charge is 0.283 e. The standard InChI is InChI=1S/C22H19N5O4S2/c1-13-18(33-21(23-13)24-19(29)14-8-10-16(31-2)11-9-14)20(30)25-26-22-27(17(28)12-32-22)15-6-4-3-5-7-15/h3-11H,12H2,1-2H3,(H,25,30)(H,23,24,29)/b26-22+. The molecule has 3 amide bonds. The molecule has 11 heteroatoms. The number of hydrogen-bond donors (Lipinski definition) is 2. The van der Waals surface area contributed by atoms with Gasteiger partial charge in [-0.3, -0.25) is 24.6 Å². The Bertz CT molecular complexity index is 1230. The summed E-state index contributed by atoms with van der Waals surface area (Å²) in [6, 6.07) is 15.7. The predicted molar refractivity (Wildman–Crippen MR) is 129 cm³/mol. The molecular formula is C22H19N5O4S2. The van der Waals surface area contributed by atoms with Crippen molar-refractivity contribution in [2.24, 2.45) is 5.10 Å². The largest absolute Gasteiger partial charge is 0.497 e. The summed E-state index contributed by atoms with van der Waals surface area (Å²) < 4.78 is 5.09. The Labute approximate surface area is 197 Å². The van der Waals surface area contributed by atoms with Gasteiger partial charge in [0.15, 0.2) is 10.3 Å². The van der Waals surface area contributed by atoms with E-state index >= 15 is 0 Å². The van der Waals surface area contributed by atoms with Crippen molar-refractivity contribution in [3.05, 3.63) is 70.7 Å². The summed E-state index contributed by atoms with van der Waals surface area (Å²) in [5.74, 6) is -0.0553. The molecule has 1 fully saturated rings. The number of rotatable bonds is 6. The molecule has 3 aromatic rings. The first-order chi connectivity index (χ1) is 16.0. The van der Waals surface area contributed by atoms with Crippen LogP contribution in [-0.4, -0.2) is 40.7 Å². The number of hydrogen-bond acceptors (Lipinski definition) is 8. The van der Waals surface area contributed by atoms with Crippen LogP contribution in [-0.2, 0) is 4.79 Å². The van der Waals surface area contributed by atoms with E-state index in [0.29, 0.717) is 37.9 Å². The van der Waals surface area contributed by atoms with E-state index in [-0.39, 0.29) is 17.6 Å². The highest BCUT2D eigenvalue weighted by atomic mass is 32.2. The third-order valence-electron chi connectivity index (χ3n) is 4.61. The average Bonchev–Trinajstić information content (AvgIpc) is 3.39. The molecule has 33 heavy (non-hydrogen) atoms. The molecule has 0 atom stereocenters. The molecule has 4 rings (SSSR count). The lowest BCUT2D eigenvalue weighted by Gasteiger charge is -2.15. The Balaban J connectivity index is 1.44. The van der Waals surface area contributed by atoms with Crippen molar-refractivity contribution in [1.29, 1.82) is 0 Å². The number of hydrazone groups is 1. The van der Waals surface area contributed by atoms with Crippen LogP contribution in [0.1, 0.15) is 25.7 Å². The number of carbonyl (C=O) groups excluding carboxylic acids is 3. The lowest BCUT2D eigenvalue weighted by atomic mass is 10.2. The van der Waals surface area contributed by atoms with E-state index < -0.39 is 5.91 Å². The van der Waals surface area contributed by atoms with Gasteiger partial charge in [0.1, 0.15) is 10.6 Å². The van der Waals surface area contributed by atoms with Gasteiger partial charge in [0, 0.05) is 5.56 Å². The van der Waals surface area contributed by atoms with E-state index in [1.165, 1.54) is 16.7 Å². The Morgan fingerprint density at radius 1 is 1.09 bits per heavy atom. The molecule has 168 valence electrons. The van der Waals surface area contributed by atoms with Crippen molar-refractivity contribution < 1.29 is 19.1 Å². The second kappa shape index (κ2) is 9.84. The fourth-order valence-electron chi connectivity index (χ4n) is 3.00. The van der Waals surface area contributed by atoms with Crippen molar-refractivity contribution in [1.82, 2.24) is 10.4 Å². The van der Waals surface area contributed by atoms with Gasteiger partial charge in [-0.1, -0.05) is 41.3 Å². The molecule has 0 radical (unpaired) electrons. The number of thiazole rings is 1. The van der Waals surface area contributed by atoms with Crippen LogP contribution in [0.3, 0.4) is 0 Å². The van der Waals surface area contributed by atoms with E-state index in [2.05, 4.69) is 20.8 Å². The number of amides is 3. The highest BCUT2D eigenvalue weighted by molar-refractivity contribution is 8.15. The Morgan fingerprint density at radius 3 is 2.52 bits per heavy atom. The van der Waals surface area contributed by atoms with Crippen molar-refractivity contribution in [3.63, 3.8) is 0 Å². The topological polar surface area (TPSA) is 113 Å². The number of carbonyl (C=O) groups is 3. The molecule has 1 aliphatic rings. The Hall–Kier alpha value is -3.70. The van der Waals surface area contributed by atoms with Crippen LogP contribution >= 0.6 is 23.1 Å². The van der Waals surface area contributed by atoms with Crippen LogP contribution in [0.2, 0.25) is 0 Å². The summed E-state index contributed by atoms with van der Waals surface area (Å²) in [6.45, 7) is 1.67. The minimum Gasteiger partial charge on any atom is -0.497 e. The summed E-state index contributed by atoms with van der Waals surface area (Å²) in [7, 11) is 1.55. The highest BCUT2D eigenvalue weighted by Crippen LogP contribution is 2.27. The molecule has 0 spiro atoms. The first-order valence-electron chi connectivity index (χ1n) is 9.78. The predicted octanol–water partition coefficient (Wildman–Crippen LogP) is 3.49.